The maximum atomic E-state index is 12.3. The van der Waals surface area contributed by atoms with Gasteiger partial charge in [-0.3, -0.25) is 40.9 Å². The van der Waals surface area contributed by atoms with E-state index in [-0.39, 0.29) is 69.9 Å². The van der Waals surface area contributed by atoms with E-state index in [1.165, 1.54) is 13.8 Å². The van der Waals surface area contributed by atoms with Crippen molar-refractivity contribution in [1.82, 2.24) is 21.7 Å². The molecule has 4 amide bonds. The molecule has 0 spiro atoms. The Morgan fingerprint density at radius 2 is 1.22 bits per heavy atom. The van der Waals surface area contributed by atoms with Crippen LogP contribution in [0.2, 0.25) is 0 Å². The molecule has 26 nitrogen and oxygen atoms in total. The van der Waals surface area contributed by atoms with Gasteiger partial charge in [-0.2, -0.15) is 0 Å². The van der Waals surface area contributed by atoms with Crippen LogP contribution in [0, 0.1) is 50.0 Å². The van der Waals surface area contributed by atoms with Crippen LogP contribution in [0.4, 0.5) is 0 Å². The van der Waals surface area contributed by atoms with E-state index in [1.54, 1.807) is 18.2 Å². The number of nitrogens with one attached hydrogen (secondary N) is 5. The van der Waals surface area contributed by atoms with Crippen molar-refractivity contribution >= 4 is 23.6 Å². The molecular weight excluding hydrogens is 1140 g/mol. The van der Waals surface area contributed by atoms with Gasteiger partial charge in [0.1, 0.15) is 67.5 Å². The van der Waals surface area contributed by atoms with Crippen molar-refractivity contribution in [3.63, 3.8) is 0 Å². The van der Waals surface area contributed by atoms with Crippen molar-refractivity contribution in [3.05, 3.63) is 30.0 Å². The summed E-state index contributed by atoms with van der Waals surface area (Å²) in [6, 6.07) is -1.56. The van der Waals surface area contributed by atoms with Gasteiger partial charge in [0, 0.05) is 82.1 Å². The molecule has 0 aromatic heterocycles. The van der Waals surface area contributed by atoms with Gasteiger partial charge >= 0.3 is 0 Å². The number of carbonyl (C=O) groups is 4. The van der Waals surface area contributed by atoms with E-state index in [0.717, 1.165) is 0 Å². The maximum absolute atomic E-state index is 12.3. The normalized spacial score (nSPS) is 38.3. The fourth-order valence-corrected chi connectivity index (χ4v) is 7.91. The van der Waals surface area contributed by atoms with Crippen LogP contribution in [0.25, 0.3) is 5.73 Å². The van der Waals surface area contributed by atoms with Gasteiger partial charge in [0.05, 0.1) is 31.0 Å². The van der Waals surface area contributed by atoms with E-state index < -0.39 is 166 Å². The second kappa shape index (κ2) is 30.3. The summed E-state index contributed by atoms with van der Waals surface area (Å²) >= 11 is 0. The fraction of sp³-hybridized carbons (Fsp3) is 0.810. The number of aliphatic hydroxyl groups excluding tert-OH is 10. The summed E-state index contributed by atoms with van der Waals surface area (Å²) in [5.41, 5.74) is 17.8. The molecule has 15 N–H and O–H groups in total. The number of amides is 4. The molecule has 27 heteroatoms. The van der Waals surface area contributed by atoms with E-state index in [1.807, 2.05) is 13.0 Å². The van der Waals surface area contributed by atoms with E-state index in [0.29, 0.717) is 25.7 Å². The van der Waals surface area contributed by atoms with E-state index in [4.69, 9.17) is 38.9 Å². The van der Waals surface area contributed by atoms with Crippen LogP contribution in [0.15, 0.2) is 24.3 Å². The molecule has 393 valence electrons. The second-order valence-electron chi connectivity index (χ2n) is 17.2. The zero-order chi connectivity index (χ0) is 50.2. The van der Waals surface area contributed by atoms with Crippen LogP contribution in [0.1, 0.15) is 72.1 Å². The molecular formula is C42H70AcN5O21-. The predicted octanol–water partition coefficient (Wildman–Crippen LogP) is -4.79. The summed E-state index contributed by atoms with van der Waals surface area (Å²) in [6.07, 6.45) is -19.8. The summed E-state index contributed by atoms with van der Waals surface area (Å²) in [6.45, 7) is 3.27. The zero-order valence-electron chi connectivity index (χ0n) is 38.7. The molecule has 3 aliphatic heterocycles. The Kier molecular flexibility index (Phi) is 27.0. The molecule has 3 saturated heterocycles. The first kappa shape index (κ1) is 61.4. The van der Waals surface area contributed by atoms with Crippen LogP contribution in [0.5, 0.6) is 0 Å². The third kappa shape index (κ3) is 17.6. The summed E-state index contributed by atoms with van der Waals surface area (Å²) in [5, 5.41) is 107. The van der Waals surface area contributed by atoms with E-state index >= 15 is 0 Å². The Morgan fingerprint density at radius 1 is 0.609 bits per heavy atom. The molecule has 4 fully saturated rings. The topological polar surface area (TPSA) is 407 Å². The Hall–Kier alpha value is -1.92. The molecule has 0 bridgehead atoms. The minimum Gasteiger partial charge on any atom is -0.670 e. The minimum absolute atomic E-state index is 0. The predicted molar refractivity (Wildman–Crippen MR) is 229 cm³/mol. The Bertz CT molecular complexity index is 1660. The Morgan fingerprint density at radius 3 is 1.86 bits per heavy atom. The van der Waals surface area contributed by atoms with Crippen molar-refractivity contribution in [3.8, 4) is 0 Å². The monoisotopic (exact) mass is 1210 g/mol. The number of ether oxygens (including phenoxy) is 7. The maximum Gasteiger partial charge on any atom is 0.247 e. The fourth-order valence-electron chi connectivity index (χ4n) is 7.91. The van der Waals surface area contributed by atoms with Crippen LogP contribution in [-0.2, 0) is 52.3 Å². The number of hydrazine groups is 2. The van der Waals surface area contributed by atoms with E-state index in [9.17, 15) is 70.2 Å². The standard InChI is InChI=1S/C42H70N5O21.Ac/c1-4-5-6-7-9-12-24(50)44-46-26(52)16-27(53)47-45-25(51)13-10-8-11-14-62-40-36(61)38(30(55)20(3)63-40)65-22-15-21(17-48)31(56)37(28(22)43)67-42-39(34(59)32(57)23(18-49)66-42)68-41-35(60)33(58)29(54)19(2)64-41;/h4-7,19-23,28-43,48-49,54-61H,8-18H2,1-3H3,(H,44,50)(H,45,51)(H,46,52)(H,47,53);/q-1;/b5-4+,7-6+;/t19?,20?,21?,22-,23?,28?,29-,30-,31+,32-,33?,34?,35?,36?,37?,38?,39?,40+,41-,42-;/m0./s1. The SMILES string of the molecule is C/C=C/C=C/CCC(=O)NNC(=O)CC(=O)NNC(=O)CCCCCO[C@@H]1OC(C)[C@H](O)C(O[C@H]2CC(CO)[C@@H](O)C(O[C@@H]3OC(CO)[C@H](O)C(O)C3O[C@@H]3OC(C)[C@H](O)C(O)C3O)C2[NH-])C1O.[Ac]. The molecule has 1 radical (unpaired) electrons. The molecule has 1 saturated carbocycles. The second-order valence-corrected chi connectivity index (χ2v) is 17.2. The number of rotatable bonds is 21. The van der Waals surface area contributed by atoms with Crippen LogP contribution in [-0.4, -0.2) is 211 Å². The first-order valence-corrected chi connectivity index (χ1v) is 22.7. The van der Waals surface area contributed by atoms with Gasteiger partial charge in [-0.25, -0.2) is 0 Å². The summed E-state index contributed by atoms with van der Waals surface area (Å²) in [7, 11) is 0. The quantitative estimate of drug-likeness (QED) is 0.0222. The van der Waals surface area contributed by atoms with E-state index in [2.05, 4.69) is 21.7 Å². The first-order chi connectivity index (χ1) is 32.3. The van der Waals surface area contributed by atoms with Gasteiger partial charge in [-0.15, -0.1) is 0 Å². The van der Waals surface area contributed by atoms with Gasteiger partial charge < -0.3 is 90.0 Å². The number of carbonyl (C=O) groups excluding carboxylic acids is 4. The molecule has 4 aliphatic rings. The van der Waals surface area contributed by atoms with Crippen molar-refractivity contribution in [1.29, 1.82) is 0 Å². The number of allylic oxidation sites excluding steroid dienone is 4. The molecule has 12 unspecified atom stereocenters. The van der Waals surface area contributed by atoms with Gasteiger partial charge in [-0.1, -0.05) is 36.8 Å². The van der Waals surface area contributed by atoms with Crippen molar-refractivity contribution < 1.29 is 147 Å². The molecule has 20 atom stereocenters. The number of hydrogen-bond acceptors (Lipinski definition) is 21. The smallest absolute Gasteiger partial charge is 0.247 e. The third-order valence-electron chi connectivity index (χ3n) is 12.0. The summed E-state index contributed by atoms with van der Waals surface area (Å²) in [5.74, 6) is -3.62. The minimum atomic E-state index is -1.90. The molecule has 3 heterocycles. The van der Waals surface area contributed by atoms with Gasteiger partial charge in [-0.05, 0) is 46.5 Å². The van der Waals surface area contributed by atoms with Crippen molar-refractivity contribution in [2.45, 2.75) is 189 Å². The van der Waals surface area contributed by atoms with Gasteiger partial charge in [0.2, 0.25) is 23.6 Å². The Balaban J connectivity index is 0.0000126. The molecule has 0 aromatic rings. The summed E-state index contributed by atoms with van der Waals surface area (Å²) in [4.78, 5) is 48.1. The largest absolute Gasteiger partial charge is 0.670 e. The van der Waals surface area contributed by atoms with Crippen molar-refractivity contribution in [2.75, 3.05) is 19.8 Å². The van der Waals surface area contributed by atoms with Crippen LogP contribution < -0.4 is 21.7 Å². The molecule has 0 aromatic carbocycles. The molecule has 1 aliphatic carbocycles. The Labute approximate surface area is 434 Å². The zero-order valence-corrected chi connectivity index (χ0v) is 43.4. The van der Waals surface area contributed by atoms with Crippen molar-refractivity contribution in [2.24, 2.45) is 5.92 Å². The number of unbranched alkanes of at least 4 members (excludes halogenated alkanes) is 2. The molecule has 4 rings (SSSR count). The van der Waals surface area contributed by atoms with Crippen LogP contribution >= 0.6 is 0 Å². The molecule has 69 heavy (non-hydrogen) atoms. The first-order valence-electron chi connectivity index (χ1n) is 22.7. The summed E-state index contributed by atoms with van der Waals surface area (Å²) < 4.78 is 40.6. The number of hydrogen-bond donors (Lipinski definition) is 14. The van der Waals surface area contributed by atoms with Crippen LogP contribution in [0.3, 0.4) is 0 Å². The average Bonchev–Trinajstić information content (AvgIpc) is 3.31. The average molecular weight is 1210 g/mol. The number of aliphatic hydroxyl groups is 10. The van der Waals surface area contributed by atoms with Gasteiger partial charge in [0.15, 0.2) is 18.9 Å². The van der Waals surface area contributed by atoms with Gasteiger partial charge in [0.25, 0.3) is 0 Å². The third-order valence-corrected chi connectivity index (χ3v) is 12.0.